The second-order valence-electron chi connectivity index (χ2n) is 4.10. The smallest absolute Gasteiger partial charge is 0.221 e. The number of methoxy groups -OCH3 is 1. The summed E-state index contributed by atoms with van der Waals surface area (Å²) in [5.74, 6) is 0.416. The van der Waals surface area contributed by atoms with Crippen molar-refractivity contribution in [1.29, 1.82) is 5.26 Å². The number of benzene rings is 1. The number of furan rings is 1. The van der Waals surface area contributed by atoms with E-state index in [2.05, 4.69) is 5.32 Å². The molecular formula is C14H13N3O3. The van der Waals surface area contributed by atoms with Crippen molar-refractivity contribution in [3.05, 3.63) is 30.0 Å². The molecule has 0 saturated carbocycles. The highest BCUT2D eigenvalue weighted by atomic mass is 16.5. The second-order valence-corrected chi connectivity index (χ2v) is 4.10. The van der Waals surface area contributed by atoms with Crippen LogP contribution in [0, 0.1) is 11.3 Å². The van der Waals surface area contributed by atoms with Gasteiger partial charge in [-0.05, 0) is 18.2 Å². The van der Waals surface area contributed by atoms with Crippen LogP contribution in [0.3, 0.4) is 0 Å². The van der Waals surface area contributed by atoms with Crippen molar-refractivity contribution in [1.82, 2.24) is 0 Å². The Kier molecular flexibility index (Phi) is 3.62. The lowest BCUT2D eigenvalue weighted by Gasteiger charge is -2.10. The van der Waals surface area contributed by atoms with E-state index in [0.29, 0.717) is 22.6 Å². The highest BCUT2D eigenvalue weighted by molar-refractivity contribution is 5.90. The van der Waals surface area contributed by atoms with Crippen molar-refractivity contribution < 1.29 is 13.9 Å². The van der Waals surface area contributed by atoms with Crippen LogP contribution in [-0.4, -0.2) is 13.0 Å². The molecule has 0 spiro atoms. The number of nitrogens with two attached hydrogens (primary N) is 1. The van der Waals surface area contributed by atoms with Crippen LogP contribution in [0.25, 0.3) is 11.1 Å². The van der Waals surface area contributed by atoms with Crippen molar-refractivity contribution in [2.24, 2.45) is 0 Å². The number of hydrogen-bond acceptors (Lipinski definition) is 5. The Balaban J connectivity index is 2.58. The summed E-state index contributed by atoms with van der Waals surface area (Å²) in [6.07, 6.45) is 1.39. The van der Waals surface area contributed by atoms with Crippen molar-refractivity contribution in [2.75, 3.05) is 18.2 Å². The standard InChI is InChI=1S/C14H13N3O3/c1-8(18)17-9-3-4-13(19-2)10(5-9)12-7-20-14(16)11(12)6-15/h3-5,7H,16H2,1-2H3,(H,17,18). The van der Waals surface area contributed by atoms with E-state index < -0.39 is 0 Å². The molecule has 0 atom stereocenters. The predicted molar refractivity (Wildman–Crippen MR) is 74.1 cm³/mol. The van der Waals surface area contributed by atoms with Crippen LogP contribution in [0.1, 0.15) is 12.5 Å². The largest absolute Gasteiger partial charge is 0.496 e. The Bertz CT molecular complexity index is 698. The van der Waals surface area contributed by atoms with Gasteiger partial charge in [0.15, 0.2) is 0 Å². The molecule has 2 aromatic rings. The first-order valence-corrected chi connectivity index (χ1v) is 5.80. The van der Waals surface area contributed by atoms with Gasteiger partial charge in [-0.1, -0.05) is 0 Å². The van der Waals surface area contributed by atoms with Gasteiger partial charge < -0.3 is 20.2 Å². The van der Waals surface area contributed by atoms with Gasteiger partial charge in [0, 0.05) is 23.7 Å². The quantitative estimate of drug-likeness (QED) is 0.892. The zero-order chi connectivity index (χ0) is 14.7. The Morgan fingerprint density at radius 2 is 2.20 bits per heavy atom. The lowest BCUT2D eigenvalue weighted by atomic mass is 10.0. The molecule has 1 heterocycles. The minimum absolute atomic E-state index is 0.0504. The molecule has 1 amide bonds. The molecule has 0 saturated heterocycles. The summed E-state index contributed by atoms with van der Waals surface area (Å²) >= 11 is 0. The van der Waals surface area contributed by atoms with Gasteiger partial charge in [0.1, 0.15) is 23.6 Å². The van der Waals surface area contributed by atoms with Crippen LogP contribution in [0.15, 0.2) is 28.9 Å². The highest BCUT2D eigenvalue weighted by Gasteiger charge is 2.17. The number of carbonyl (C=O) groups is 1. The fourth-order valence-electron chi connectivity index (χ4n) is 1.89. The molecule has 0 bridgehead atoms. The number of nitriles is 1. The number of nitrogen functional groups attached to an aromatic ring is 1. The van der Waals surface area contributed by atoms with Crippen molar-refractivity contribution >= 4 is 17.5 Å². The molecule has 0 unspecified atom stereocenters. The molecule has 20 heavy (non-hydrogen) atoms. The number of ether oxygens (including phenoxy) is 1. The minimum atomic E-state index is -0.187. The summed E-state index contributed by atoms with van der Waals surface area (Å²) in [4.78, 5) is 11.1. The molecule has 3 N–H and O–H groups in total. The summed E-state index contributed by atoms with van der Waals surface area (Å²) in [5.41, 5.74) is 7.58. The van der Waals surface area contributed by atoms with Crippen molar-refractivity contribution in [3.8, 4) is 22.9 Å². The topological polar surface area (TPSA) is 101 Å². The average molecular weight is 271 g/mol. The second kappa shape index (κ2) is 5.36. The number of amides is 1. The third-order valence-electron chi connectivity index (χ3n) is 2.74. The zero-order valence-electron chi connectivity index (χ0n) is 11.1. The van der Waals surface area contributed by atoms with Crippen LogP contribution in [0.2, 0.25) is 0 Å². The SMILES string of the molecule is COc1ccc(NC(C)=O)cc1-c1coc(N)c1C#N. The van der Waals surface area contributed by atoms with E-state index in [4.69, 9.17) is 20.1 Å². The minimum Gasteiger partial charge on any atom is -0.496 e. The molecule has 0 radical (unpaired) electrons. The first-order chi connectivity index (χ1) is 9.56. The van der Waals surface area contributed by atoms with Gasteiger partial charge in [-0.2, -0.15) is 5.26 Å². The fraction of sp³-hybridized carbons (Fsp3) is 0.143. The van der Waals surface area contributed by atoms with Crippen LogP contribution in [-0.2, 0) is 4.79 Å². The van der Waals surface area contributed by atoms with Gasteiger partial charge in [-0.3, -0.25) is 4.79 Å². The van der Waals surface area contributed by atoms with E-state index in [9.17, 15) is 4.79 Å². The maximum Gasteiger partial charge on any atom is 0.221 e. The van der Waals surface area contributed by atoms with Crippen LogP contribution in [0.5, 0.6) is 5.75 Å². The lowest BCUT2D eigenvalue weighted by molar-refractivity contribution is -0.114. The molecule has 6 heteroatoms. The molecule has 102 valence electrons. The monoisotopic (exact) mass is 271 g/mol. The highest BCUT2D eigenvalue weighted by Crippen LogP contribution is 2.37. The van der Waals surface area contributed by atoms with Gasteiger partial charge in [-0.25, -0.2) is 0 Å². The Morgan fingerprint density at radius 3 is 2.80 bits per heavy atom. The van der Waals surface area contributed by atoms with Crippen molar-refractivity contribution in [3.63, 3.8) is 0 Å². The first-order valence-electron chi connectivity index (χ1n) is 5.80. The number of carbonyl (C=O) groups excluding carboxylic acids is 1. The summed E-state index contributed by atoms with van der Waals surface area (Å²) in [7, 11) is 1.52. The normalized spacial score (nSPS) is 9.85. The van der Waals surface area contributed by atoms with E-state index in [0.717, 1.165) is 0 Å². The summed E-state index contributed by atoms with van der Waals surface area (Å²) < 4.78 is 10.3. The van der Waals surface area contributed by atoms with E-state index in [-0.39, 0.29) is 17.4 Å². The van der Waals surface area contributed by atoms with Gasteiger partial charge in [0.25, 0.3) is 0 Å². The Morgan fingerprint density at radius 1 is 1.45 bits per heavy atom. The van der Waals surface area contributed by atoms with Crippen LogP contribution >= 0.6 is 0 Å². The molecule has 0 aliphatic heterocycles. The van der Waals surface area contributed by atoms with Gasteiger partial charge in [0.05, 0.1) is 7.11 Å². The average Bonchev–Trinajstić information content (AvgIpc) is 2.78. The van der Waals surface area contributed by atoms with Crippen LogP contribution < -0.4 is 15.8 Å². The van der Waals surface area contributed by atoms with E-state index >= 15 is 0 Å². The van der Waals surface area contributed by atoms with Gasteiger partial charge in [0.2, 0.25) is 11.8 Å². The van der Waals surface area contributed by atoms with Crippen LogP contribution in [0.4, 0.5) is 11.6 Å². The molecule has 0 fully saturated rings. The Hall–Kier alpha value is -2.94. The van der Waals surface area contributed by atoms with E-state index in [1.807, 2.05) is 6.07 Å². The van der Waals surface area contributed by atoms with E-state index in [1.165, 1.54) is 20.3 Å². The molecule has 1 aromatic carbocycles. The van der Waals surface area contributed by atoms with E-state index in [1.54, 1.807) is 18.2 Å². The molecular weight excluding hydrogens is 258 g/mol. The fourth-order valence-corrected chi connectivity index (χ4v) is 1.89. The molecule has 6 nitrogen and oxygen atoms in total. The van der Waals surface area contributed by atoms with Gasteiger partial charge >= 0.3 is 0 Å². The zero-order valence-corrected chi connectivity index (χ0v) is 11.1. The number of rotatable bonds is 3. The molecule has 2 rings (SSSR count). The number of hydrogen-bond donors (Lipinski definition) is 2. The number of nitrogens with zero attached hydrogens (tertiary/aromatic N) is 1. The number of nitrogens with one attached hydrogen (secondary N) is 1. The summed E-state index contributed by atoms with van der Waals surface area (Å²) in [6.45, 7) is 1.42. The predicted octanol–water partition coefficient (Wildman–Crippen LogP) is 2.37. The van der Waals surface area contributed by atoms with Gasteiger partial charge in [-0.15, -0.1) is 0 Å². The molecule has 0 aliphatic carbocycles. The summed E-state index contributed by atoms with van der Waals surface area (Å²) in [5, 5.41) is 11.8. The maximum absolute atomic E-state index is 11.1. The molecule has 0 aliphatic rings. The van der Waals surface area contributed by atoms with Crippen molar-refractivity contribution in [2.45, 2.75) is 6.92 Å². The maximum atomic E-state index is 11.1. The lowest BCUT2D eigenvalue weighted by Crippen LogP contribution is -2.05. The summed E-state index contributed by atoms with van der Waals surface area (Å²) in [6, 6.07) is 7.10. The third kappa shape index (κ3) is 2.42. The number of anilines is 2. The molecule has 1 aromatic heterocycles. The third-order valence-corrected chi connectivity index (χ3v) is 2.74. The Labute approximate surface area is 115 Å². The first kappa shape index (κ1) is 13.5.